The first-order chi connectivity index (χ1) is 9.35. The number of carbonyl (C=O) groups excluding carboxylic acids is 1. The van der Waals surface area contributed by atoms with E-state index in [-0.39, 0.29) is 12.1 Å². The Morgan fingerprint density at radius 2 is 2.05 bits per heavy atom. The third-order valence-corrected chi connectivity index (χ3v) is 4.15. The van der Waals surface area contributed by atoms with Gasteiger partial charge in [-0.1, -0.05) is 6.07 Å². The molecule has 20 heavy (non-hydrogen) atoms. The van der Waals surface area contributed by atoms with Crippen LogP contribution in [-0.2, 0) is 9.53 Å². The van der Waals surface area contributed by atoms with E-state index in [0.29, 0.717) is 12.8 Å². The standard InChI is InChI=1S/C16H23NO3/c1-10-7-11(2)12(3)14(8-10)20-13-5-6-16(17,9-13)15(18)19-4/h7-8,13H,5-6,9,17H2,1-4H3. The molecule has 0 aromatic heterocycles. The monoisotopic (exact) mass is 277 g/mol. The van der Waals surface area contributed by atoms with Crippen LogP contribution < -0.4 is 10.5 Å². The van der Waals surface area contributed by atoms with Crippen molar-refractivity contribution in [2.75, 3.05) is 7.11 Å². The van der Waals surface area contributed by atoms with Crippen molar-refractivity contribution in [2.24, 2.45) is 5.73 Å². The minimum Gasteiger partial charge on any atom is -0.490 e. The lowest BCUT2D eigenvalue weighted by atomic mass is 9.99. The summed E-state index contributed by atoms with van der Waals surface area (Å²) in [4.78, 5) is 11.7. The molecule has 0 saturated heterocycles. The molecular formula is C16H23NO3. The highest BCUT2D eigenvalue weighted by molar-refractivity contribution is 5.80. The summed E-state index contributed by atoms with van der Waals surface area (Å²) < 4.78 is 10.8. The van der Waals surface area contributed by atoms with Gasteiger partial charge >= 0.3 is 5.97 Å². The number of rotatable bonds is 3. The van der Waals surface area contributed by atoms with E-state index >= 15 is 0 Å². The van der Waals surface area contributed by atoms with Gasteiger partial charge in [0.25, 0.3) is 0 Å². The van der Waals surface area contributed by atoms with Crippen molar-refractivity contribution >= 4 is 5.97 Å². The van der Waals surface area contributed by atoms with Crippen molar-refractivity contribution in [1.29, 1.82) is 0 Å². The molecule has 1 aliphatic rings. The maximum Gasteiger partial charge on any atom is 0.325 e. The predicted octanol–water partition coefficient (Wildman–Crippen LogP) is 2.41. The van der Waals surface area contributed by atoms with Gasteiger partial charge in [-0.15, -0.1) is 0 Å². The van der Waals surface area contributed by atoms with Crippen molar-refractivity contribution in [2.45, 2.75) is 51.7 Å². The van der Waals surface area contributed by atoms with Crippen molar-refractivity contribution < 1.29 is 14.3 Å². The molecule has 2 rings (SSSR count). The van der Waals surface area contributed by atoms with Gasteiger partial charge < -0.3 is 15.2 Å². The van der Waals surface area contributed by atoms with Crippen LogP contribution in [0.4, 0.5) is 0 Å². The molecule has 0 amide bonds. The van der Waals surface area contributed by atoms with Crippen molar-refractivity contribution in [3.63, 3.8) is 0 Å². The van der Waals surface area contributed by atoms with Gasteiger partial charge in [-0.3, -0.25) is 4.79 Å². The fourth-order valence-electron chi connectivity index (χ4n) is 2.82. The highest BCUT2D eigenvalue weighted by Gasteiger charge is 2.44. The van der Waals surface area contributed by atoms with Crippen LogP contribution in [0.2, 0.25) is 0 Å². The van der Waals surface area contributed by atoms with Gasteiger partial charge in [-0.2, -0.15) is 0 Å². The van der Waals surface area contributed by atoms with Crippen LogP contribution in [0.15, 0.2) is 12.1 Å². The topological polar surface area (TPSA) is 61.5 Å². The highest BCUT2D eigenvalue weighted by atomic mass is 16.5. The number of hydrogen-bond donors (Lipinski definition) is 1. The number of nitrogens with two attached hydrogens (primary N) is 1. The summed E-state index contributed by atoms with van der Waals surface area (Å²) in [5, 5.41) is 0. The van der Waals surface area contributed by atoms with Crippen LogP contribution in [-0.4, -0.2) is 24.7 Å². The molecule has 2 atom stereocenters. The fraction of sp³-hybridized carbons (Fsp3) is 0.562. The summed E-state index contributed by atoms with van der Waals surface area (Å²) in [5.74, 6) is 0.544. The van der Waals surface area contributed by atoms with Gasteiger partial charge in [-0.05, 0) is 56.4 Å². The van der Waals surface area contributed by atoms with E-state index in [4.69, 9.17) is 15.2 Å². The molecule has 4 heteroatoms. The average Bonchev–Trinajstić information content (AvgIpc) is 2.77. The minimum atomic E-state index is -0.897. The summed E-state index contributed by atoms with van der Waals surface area (Å²) >= 11 is 0. The Labute approximate surface area is 120 Å². The predicted molar refractivity (Wildman–Crippen MR) is 77.9 cm³/mol. The maximum atomic E-state index is 11.7. The molecule has 0 aliphatic heterocycles. The highest BCUT2D eigenvalue weighted by Crippen LogP contribution is 2.33. The number of methoxy groups -OCH3 is 1. The lowest BCUT2D eigenvalue weighted by molar-refractivity contribution is -0.147. The normalized spacial score (nSPS) is 25.6. The molecular weight excluding hydrogens is 254 g/mol. The number of hydrogen-bond acceptors (Lipinski definition) is 4. The van der Waals surface area contributed by atoms with Crippen LogP contribution in [0.1, 0.15) is 36.0 Å². The van der Waals surface area contributed by atoms with Crippen molar-refractivity contribution in [3.8, 4) is 5.75 Å². The Morgan fingerprint density at radius 1 is 1.35 bits per heavy atom. The number of aryl methyl sites for hydroxylation is 2. The van der Waals surface area contributed by atoms with E-state index in [2.05, 4.69) is 26.8 Å². The molecule has 1 fully saturated rings. The largest absolute Gasteiger partial charge is 0.490 e. The van der Waals surface area contributed by atoms with Crippen LogP contribution in [0.25, 0.3) is 0 Å². The second-order valence-electron chi connectivity index (χ2n) is 5.84. The summed E-state index contributed by atoms with van der Waals surface area (Å²) in [5.41, 5.74) is 8.73. The number of benzene rings is 1. The Hall–Kier alpha value is -1.55. The van der Waals surface area contributed by atoms with E-state index in [1.165, 1.54) is 18.2 Å². The molecule has 2 unspecified atom stereocenters. The summed E-state index contributed by atoms with van der Waals surface area (Å²) in [6.07, 6.45) is 1.86. The molecule has 1 saturated carbocycles. The summed E-state index contributed by atoms with van der Waals surface area (Å²) in [6.45, 7) is 6.18. The van der Waals surface area contributed by atoms with Crippen molar-refractivity contribution in [1.82, 2.24) is 0 Å². The zero-order chi connectivity index (χ0) is 14.9. The zero-order valence-corrected chi connectivity index (χ0v) is 12.7. The van der Waals surface area contributed by atoms with Crippen LogP contribution >= 0.6 is 0 Å². The van der Waals surface area contributed by atoms with Gasteiger partial charge in [0, 0.05) is 6.42 Å². The number of carbonyl (C=O) groups is 1. The van der Waals surface area contributed by atoms with Gasteiger partial charge in [0.2, 0.25) is 0 Å². The summed E-state index contributed by atoms with van der Waals surface area (Å²) in [6, 6.07) is 4.18. The van der Waals surface area contributed by atoms with E-state index in [0.717, 1.165) is 17.7 Å². The van der Waals surface area contributed by atoms with Gasteiger partial charge in [0.05, 0.1) is 7.11 Å². The molecule has 110 valence electrons. The van der Waals surface area contributed by atoms with Gasteiger partial charge in [-0.25, -0.2) is 0 Å². The van der Waals surface area contributed by atoms with Crippen molar-refractivity contribution in [3.05, 3.63) is 28.8 Å². The average molecular weight is 277 g/mol. The SMILES string of the molecule is COC(=O)C1(N)CCC(Oc2cc(C)cc(C)c2C)C1. The molecule has 0 heterocycles. The first-order valence-electron chi connectivity index (χ1n) is 6.97. The van der Waals surface area contributed by atoms with E-state index < -0.39 is 5.54 Å². The molecule has 1 aromatic carbocycles. The third kappa shape index (κ3) is 2.80. The van der Waals surface area contributed by atoms with Crippen LogP contribution in [0.3, 0.4) is 0 Å². The smallest absolute Gasteiger partial charge is 0.325 e. The molecule has 0 spiro atoms. The molecule has 4 nitrogen and oxygen atoms in total. The van der Waals surface area contributed by atoms with E-state index in [1.54, 1.807) is 0 Å². The Bertz CT molecular complexity index is 527. The lowest BCUT2D eigenvalue weighted by Crippen LogP contribution is -2.47. The Balaban J connectivity index is 2.12. The maximum absolute atomic E-state index is 11.7. The first-order valence-corrected chi connectivity index (χ1v) is 6.97. The Morgan fingerprint density at radius 3 is 2.70 bits per heavy atom. The van der Waals surface area contributed by atoms with Gasteiger partial charge in [0.15, 0.2) is 0 Å². The second kappa shape index (κ2) is 5.44. The second-order valence-corrected chi connectivity index (χ2v) is 5.84. The fourth-order valence-corrected chi connectivity index (χ4v) is 2.82. The Kier molecular flexibility index (Phi) is 4.04. The molecule has 0 bridgehead atoms. The molecule has 1 aromatic rings. The number of ether oxygens (including phenoxy) is 2. The zero-order valence-electron chi connectivity index (χ0n) is 12.7. The van der Waals surface area contributed by atoms with Crippen LogP contribution in [0, 0.1) is 20.8 Å². The van der Waals surface area contributed by atoms with Crippen LogP contribution in [0.5, 0.6) is 5.75 Å². The quantitative estimate of drug-likeness (QED) is 0.862. The molecule has 2 N–H and O–H groups in total. The van der Waals surface area contributed by atoms with E-state index in [9.17, 15) is 4.79 Å². The minimum absolute atomic E-state index is 0.0287. The summed E-state index contributed by atoms with van der Waals surface area (Å²) in [7, 11) is 1.37. The van der Waals surface area contributed by atoms with Gasteiger partial charge in [0.1, 0.15) is 17.4 Å². The molecule has 1 aliphatic carbocycles. The first kappa shape index (κ1) is 14.9. The lowest BCUT2D eigenvalue weighted by Gasteiger charge is -2.21. The molecule has 0 radical (unpaired) electrons. The third-order valence-electron chi connectivity index (χ3n) is 4.15. The number of esters is 1. The van der Waals surface area contributed by atoms with E-state index in [1.807, 2.05) is 6.07 Å².